The van der Waals surface area contributed by atoms with Gasteiger partial charge in [0.1, 0.15) is 4.90 Å². The molecule has 0 radical (unpaired) electrons. The molecule has 9 heteroatoms. The molecule has 1 aromatic heterocycles. The predicted molar refractivity (Wildman–Crippen MR) is 73.8 cm³/mol. The highest BCUT2D eigenvalue weighted by Crippen LogP contribution is 2.11. The molecule has 1 heterocycles. The fourth-order valence-corrected chi connectivity index (χ4v) is 2.43. The molecule has 0 saturated heterocycles. The van der Waals surface area contributed by atoms with Gasteiger partial charge in [0.15, 0.2) is 6.20 Å². The molecule has 0 fully saturated rings. The van der Waals surface area contributed by atoms with E-state index in [0.717, 1.165) is 12.3 Å². The second-order valence-electron chi connectivity index (χ2n) is 4.47. The minimum absolute atomic E-state index is 0.0834. The fraction of sp³-hybridized carbons (Fsp3) is 0.545. The number of rotatable bonds is 8. The number of nitrogens with zero attached hydrogens (tertiary/aromatic N) is 2. The van der Waals surface area contributed by atoms with Gasteiger partial charge in [-0.05, 0) is 28.9 Å². The molecule has 20 heavy (non-hydrogen) atoms. The van der Waals surface area contributed by atoms with Crippen molar-refractivity contribution in [2.45, 2.75) is 31.2 Å². The van der Waals surface area contributed by atoms with E-state index >= 15 is 0 Å². The highest BCUT2D eigenvalue weighted by molar-refractivity contribution is 7.89. The molecule has 0 aliphatic rings. The summed E-state index contributed by atoms with van der Waals surface area (Å²) in [6, 6.07) is 2.58. The first kappa shape index (κ1) is 16.5. The van der Waals surface area contributed by atoms with Gasteiger partial charge >= 0.3 is 5.82 Å². The fourth-order valence-electron chi connectivity index (χ4n) is 1.41. The molecular formula is C11H18N4O4S. The zero-order valence-electron chi connectivity index (χ0n) is 11.4. The summed E-state index contributed by atoms with van der Waals surface area (Å²) >= 11 is 0. The van der Waals surface area contributed by atoms with Gasteiger partial charge in [-0.3, -0.25) is 0 Å². The summed E-state index contributed by atoms with van der Waals surface area (Å²) in [7, 11) is -3.67. The first-order valence-electron chi connectivity index (χ1n) is 6.16. The van der Waals surface area contributed by atoms with Crippen LogP contribution in [0.1, 0.15) is 20.3 Å². The number of hydrogen-bond acceptors (Lipinski definition) is 6. The monoisotopic (exact) mass is 302 g/mol. The number of aromatic nitrogens is 1. The second-order valence-corrected chi connectivity index (χ2v) is 6.24. The van der Waals surface area contributed by atoms with E-state index in [1.165, 1.54) is 6.07 Å². The summed E-state index contributed by atoms with van der Waals surface area (Å²) in [5.41, 5.74) is 0. The number of hydrogen-bond donors (Lipinski definition) is 2. The van der Waals surface area contributed by atoms with Crippen LogP contribution in [0, 0.1) is 10.1 Å². The van der Waals surface area contributed by atoms with Gasteiger partial charge < -0.3 is 15.4 Å². The van der Waals surface area contributed by atoms with Gasteiger partial charge in [-0.2, -0.15) is 0 Å². The molecule has 0 aliphatic heterocycles. The van der Waals surface area contributed by atoms with Gasteiger partial charge in [-0.15, -0.1) is 0 Å². The molecule has 0 saturated carbocycles. The van der Waals surface area contributed by atoms with Crippen LogP contribution in [0.25, 0.3) is 0 Å². The second kappa shape index (κ2) is 7.27. The Kier molecular flexibility index (Phi) is 5.99. The standard InChI is InChI=1S/C11H18N4O4S/c1-9(2)12-6-3-7-14-20(18,19)10-4-5-11(13-8-10)15(16)17/h4-5,8-9,12,14H,3,6-7H2,1-2H3. The van der Waals surface area contributed by atoms with Gasteiger partial charge in [-0.25, -0.2) is 13.1 Å². The Bertz CT molecular complexity index is 542. The van der Waals surface area contributed by atoms with Crippen LogP contribution in [0.5, 0.6) is 0 Å². The molecule has 2 N–H and O–H groups in total. The lowest BCUT2D eigenvalue weighted by atomic mass is 10.3. The largest absolute Gasteiger partial charge is 0.363 e. The van der Waals surface area contributed by atoms with Crippen molar-refractivity contribution >= 4 is 15.8 Å². The molecular weight excluding hydrogens is 284 g/mol. The smallest absolute Gasteiger partial charge is 0.358 e. The van der Waals surface area contributed by atoms with Crippen molar-refractivity contribution in [1.29, 1.82) is 0 Å². The molecule has 1 aromatic rings. The van der Waals surface area contributed by atoms with E-state index in [9.17, 15) is 18.5 Å². The van der Waals surface area contributed by atoms with Crippen molar-refractivity contribution in [3.05, 3.63) is 28.4 Å². The third kappa shape index (κ3) is 5.19. The molecule has 0 amide bonds. The van der Waals surface area contributed by atoms with E-state index in [1.807, 2.05) is 13.8 Å². The molecule has 0 aromatic carbocycles. The van der Waals surface area contributed by atoms with Crippen molar-refractivity contribution in [3.63, 3.8) is 0 Å². The highest BCUT2D eigenvalue weighted by Gasteiger charge is 2.17. The Labute approximate surface area is 117 Å². The van der Waals surface area contributed by atoms with Crippen molar-refractivity contribution in [1.82, 2.24) is 15.0 Å². The summed E-state index contributed by atoms with van der Waals surface area (Å²) in [6.45, 7) is 5.01. The third-order valence-electron chi connectivity index (χ3n) is 2.42. The number of nitro groups is 1. The highest BCUT2D eigenvalue weighted by atomic mass is 32.2. The Morgan fingerprint density at radius 3 is 2.55 bits per heavy atom. The van der Waals surface area contributed by atoms with Crippen molar-refractivity contribution in [3.8, 4) is 0 Å². The van der Waals surface area contributed by atoms with Gasteiger partial charge in [0.2, 0.25) is 10.0 Å². The lowest BCUT2D eigenvalue weighted by molar-refractivity contribution is -0.389. The van der Waals surface area contributed by atoms with E-state index in [-0.39, 0.29) is 10.7 Å². The van der Waals surface area contributed by atoms with Crippen LogP contribution in [-0.4, -0.2) is 37.5 Å². The van der Waals surface area contributed by atoms with E-state index in [4.69, 9.17) is 0 Å². The average Bonchev–Trinajstić information content (AvgIpc) is 2.38. The maximum Gasteiger partial charge on any atom is 0.363 e. The normalized spacial score (nSPS) is 11.8. The maximum absolute atomic E-state index is 11.9. The summed E-state index contributed by atoms with van der Waals surface area (Å²) in [6.07, 6.45) is 1.63. The molecule has 112 valence electrons. The van der Waals surface area contributed by atoms with Gasteiger partial charge in [0, 0.05) is 18.7 Å². The van der Waals surface area contributed by atoms with E-state index < -0.39 is 14.9 Å². The predicted octanol–water partition coefficient (Wildman–Crippen LogP) is 0.656. The molecule has 0 aliphatic carbocycles. The van der Waals surface area contributed by atoms with Gasteiger partial charge in [0.25, 0.3) is 0 Å². The minimum atomic E-state index is -3.67. The molecule has 0 atom stereocenters. The lowest BCUT2D eigenvalue weighted by Gasteiger charge is -2.08. The summed E-state index contributed by atoms with van der Waals surface area (Å²) in [5.74, 6) is -0.384. The Morgan fingerprint density at radius 1 is 1.35 bits per heavy atom. The van der Waals surface area contributed by atoms with Crippen LogP contribution in [0.3, 0.4) is 0 Å². The molecule has 0 spiro atoms. The summed E-state index contributed by atoms with van der Waals surface area (Å²) < 4.78 is 26.2. The Hall–Kier alpha value is -1.58. The number of sulfonamides is 1. The van der Waals surface area contributed by atoms with Crippen LogP contribution < -0.4 is 10.0 Å². The van der Waals surface area contributed by atoms with E-state index in [0.29, 0.717) is 25.6 Å². The molecule has 8 nitrogen and oxygen atoms in total. The number of pyridine rings is 1. The zero-order valence-corrected chi connectivity index (χ0v) is 12.2. The molecule has 0 unspecified atom stereocenters. The first-order valence-corrected chi connectivity index (χ1v) is 7.65. The van der Waals surface area contributed by atoms with Crippen molar-refractivity contribution in [2.75, 3.05) is 13.1 Å². The van der Waals surface area contributed by atoms with Crippen LogP contribution in [-0.2, 0) is 10.0 Å². The van der Waals surface area contributed by atoms with E-state index in [2.05, 4.69) is 15.0 Å². The average molecular weight is 302 g/mol. The van der Waals surface area contributed by atoms with Crippen LogP contribution >= 0.6 is 0 Å². The zero-order chi connectivity index (χ0) is 15.2. The van der Waals surface area contributed by atoms with Crippen LogP contribution in [0.15, 0.2) is 23.2 Å². The Balaban J connectivity index is 2.54. The minimum Gasteiger partial charge on any atom is -0.358 e. The maximum atomic E-state index is 11.9. The third-order valence-corrected chi connectivity index (χ3v) is 3.86. The lowest BCUT2D eigenvalue weighted by Crippen LogP contribution is -2.29. The summed E-state index contributed by atoms with van der Waals surface area (Å²) in [4.78, 5) is 13.2. The van der Waals surface area contributed by atoms with Gasteiger partial charge in [-0.1, -0.05) is 13.8 Å². The van der Waals surface area contributed by atoms with Crippen molar-refractivity contribution in [2.24, 2.45) is 0 Å². The number of nitrogens with one attached hydrogen (secondary N) is 2. The summed E-state index contributed by atoms with van der Waals surface area (Å²) in [5, 5.41) is 13.6. The first-order chi connectivity index (χ1) is 9.33. The Morgan fingerprint density at radius 2 is 2.05 bits per heavy atom. The SMILES string of the molecule is CC(C)NCCCNS(=O)(=O)c1ccc([N+](=O)[O-])nc1. The molecule has 1 rings (SSSR count). The van der Waals surface area contributed by atoms with Crippen molar-refractivity contribution < 1.29 is 13.3 Å². The van der Waals surface area contributed by atoms with Crippen LogP contribution in [0.4, 0.5) is 5.82 Å². The topological polar surface area (TPSA) is 114 Å². The molecule has 0 bridgehead atoms. The van der Waals surface area contributed by atoms with Gasteiger partial charge in [0.05, 0.1) is 0 Å². The quantitative estimate of drug-likeness (QED) is 0.414. The van der Waals surface area contributed by atoms with E-state index in [1.54, 1.807) is 0 Å². The van der Waals surface area contributed by atoms with Crippen LogP contribution in [0.2, 0.25) is 0 Å².